The Morgan fingerprint density at radius 3 is 2.71 bits per heavy atom. The highest BCUT2D eigenvalue weighted by Gasteiger charge is 2.15. The van der Waals surface area contributed by atoms with Gasteiger partial charge in [0.1, 0.15) is 11.5 Å². The highest BCUT2D eigenvalue weighted by molar-refractivity contribution is 5.97. The third kappa shape index (κ3) is 3.64. The summed E-state index contributed by atoms with van der Waals surface area (Å²) in [7, 11) is 0. The Kier molecular flexibility index (Phi) is 4.78. The van der Waals surface area contributed by atoms with Crippen molar-refractivity contribution in [3.63, 3.8) is 0 Å². The minimum atomic E-state index is -0.460. The molecule has 1 unspecified atom stereocenters. The molecular weight excluding hydrogens is 222 g/mol. The second-order valence-electron chi connectivity index (χ2n) is 3.79. The van der Waals surface area contributed by atoms with Crippen molar-refractivity contribution in [3.05, 3.63) is 23.8 Å². The van der Waals surface area contributed by atoms with Gasteiger partial charge in [-0.25, -0.2) is 0 Å². The van der Waals surface area contributed by atoms with Crippen LogP contribution in [0.4, 0.5) is 0 Å². The molecule has 0 saturated carbocycles. The van der Waals surface area contributed by atoms with E-state index in [1.165, 1.54) is 18.2 Å². The van der Waals surface area contributed by atoms with E-state index in [1.54, 1.807) is 0 Å². The topological polar surface area (TPSA) is 89.8 Å². The second-order valence-corrected chi connectivity index (χ2v) is 3.79. The third-order valence-electron chi connectivity index (χ3n) is 2.53. The maximum absolute atomic E-state index is 11.8. The van der Waals surface area contributed by atoms with Gasteiger partial charge in [0.15, 0.2) is 0 Å². The van der Waals surface area contributed by atoms with E-state index in [2.05, 4.69) is 5.32 Å². The van der Waals surface area contributed by atoms with Crippen molar-refractivity contribution in [1.82, 2.24) is 5.32 Å². The molecule has 1 atom stereocenters. The molecule has 0 heterocycles. The number of amides is 1. The summed E-state index contributed by atoms with van der Waals surface area (Å²) in [5.74, 6) is -0.721. The first-order valence-corrected chi connectivity index (χ1v) is 5.52. The van der Waals surface area contributed by atoms with Crippen molar-refractivity contribution in [2.75, 3.05) is 6.61 Å². The summed E-state index contributed by atoms with van der Waals surface area (Å²) in [6.45, 7) is 1.88. The van der Waals surface area contributed by atoms with Crippen molar-refractivity contribution in [2.24, 2.45) is 0 Å². The largest absolute Gasteiger partial charge is 0.508 e. The van der Waals surface area contributed by atoms with Gasteiger partial charge in [-0.15, -0.1) is 0 Å². The van der Waals surface area contributed by atoms with Gasteiger partial charge in [0.25, 0.3) is 5.91 Å². The average Bonchev–Trinajstić information content (AvgIpc) is 2.31. The number of hydrogen-bond donors (Lipinski definition) is 4. The Bertz CT molecular complexity index is 392. The summed E-state index contributed by atoms with van der Waals surface area (Å²) in [4.78, 5) is 11.8. The van der Waals surface area contributed by atoms with Crippen LogP contribution in [0.3, 0.4) is 0 Å². The molecule has 0 aliphatic carbocycles. The molecule has 1 amide bonds. The molecule has 1 aromatic carbocycles. The van der Waals surface area contributed by atoms with Crippen LogP contribution in [0.5, 0.6) is 11.5 Å². The smallest absolute Gasteiger partial charge is 0.255 e. The maximum Gasteiger partial charge on any atom is 0.255 e. The number of carbonyl (C=O) groups excluding carboxylic acids is 1. The zero-order valence-corrected chi connectivity index (χ0v) is 9.68. The van der Waals surface area contributed by atoms with Crippen LogP contribution in [0.15, 0.2) is 18.2 Å². The highest BCUT2D eigenvalue weighted by atomic mass is 16.3. The zero-order chi connectivity index (χ0) is 12.8. The highest BCUT2D eigenvalue weighted by Crippen LogP contribution is 2.22. The summed E-state index contributed by atoms with van der Waals surface area (Å²) in [5.41, 5.74) is 0.0291. The fourth-order valence-corrected chi connectivity index (χ4v) is 1.50. The summed E-state index contributed by atoms with van der Waals surface area (Å²) >= 11 is 0. The van der Waals surface area contributed by atoms with E-state index in [1.807, 2.05) is 6.92 Å². The molecule has 17 heavy (non-hydrogen) atoms. The Labute approximate surface area is 99.7 Å². The van der Waals surface area contributed by atoms with Crippen molar-refractivity contribution >= 4 is 5.91 Å². The summed E-state index contributed by atoms with van der Waals surface area (Å²) < 4.78 is 0. The van der Waals surface area contributed by atoms with E-state index in [9.17, 15) is 15.0 Å². The molecule has 1 aromatic rings. The minimum Gasteiger partial charge on any atom is -0.508 e. The minimum absolute atomic E-state index is 0.00912. The van der Waals surface area contributed by atoms with E-state index in [-0.39, 0.29) is 29.7 Å². The van der Waals surface area contributed by atoms with Crippen LogP contribution >= 0.6 is 0 Å². The molecular formula is C12H17NO4. The lowest BCUT2D eigenvalue weighted by Crippen LogP contribution is -2.35. The number of rotatable bonds is 5. The first-order valence-electron chi connectivity index (χ1n) is 5.52. The molecule has 0 spiro atoms. The predicted molar refractivity (Wildman–Crippen MR) is 63.0 cm³/mol. The number of aliphatic hydroxyl groups is 1. The molecule has 0 fully saturated rings. The van der Waals surface area contributed by atoms with E-state index in [0.29, 0.717) is 12.8 Å². The van der Waals surface area contributed by atoms with Crippen molar-refractivity contribution in [1.29, 1.82) is 0 Å². The van der Waals surface area contributed by atoms with Crippen LogP contribution in [0, 0.1) is 0 Å². The van der Waals surface area contributed by atoms with Crippen LogP contribution in [-0.4, -0.2) is 33.9 Å². The Hall–Kier alpha value is -1.75. The van der Waals surface area contributed by atoms with Crippen LogP contribution in [0.2, 0.25) is 0 Å². The third-order valence-corrected chi connectivity index (χ3v) is 2.53. The van der Waals surface area contributed by atoms with Gasteiger partial charge in [-0.1, -0.05) is 6.92 Å². The molecule has 1 rings (SSSR count). The number of benzene rings is 1. The van der Waals surface area contributed by atoms with Crippen molar-refractivity contribution in [3.8, 4) is 11.5 Å². The lowest BCUT2D eigenvalue weighted by molar-refractivity contribution is 0.0926. The number of phenols is 2. The van der Waals surface area contributed by atoms with E-state index in [4.69, 9.17) is 5.11 Å². The predicted octanol–water partition coefficient (Wildman–Crippen LogP) is 0.989. The first kappa shape index (κ1) is 13.3. The quantitative estimate of drug-likeness (QED) is 0.577. The lowest BCUT2D eigenvalue weighted by Gasteiger charge is -2.16. The molecule has 0 bridgehead atoms. The zero-order valence-electron chi connectivity index (χ0n) is 9.68. The van der Waals surface area contributed by atoms with Crippen LogP contribution in [0.1, 0.15) is 30.1 Å². The van der Waals surface area contributed by atoms with Crippen LogP contribution < -0.4 is 5.32 Å². The van der Waals surface area contributed by atoms with Crippen molar-refractivity contribution in [2.45, 2.75) is 25.8 Å². The fourth-order valence-electron chi connectivity index (χ4n) is 1.50. The van der Waals surface area contributed by atoms with Crippen LogP contribution in [-0.2, 0) is 0 Å². The maximum atomic E-state index is 11.8. The summed E-state index contributed by atoms with van der Waals surface area (Å²) in [6.07, 6.45) is 1.15. The van der Waals surface area contributed by atoms with Crippen molar-refractivity contribution < 1.29 is 20.1 Å². The van der Waals surface area contributed by atoms with Gasteiger partial charge in [-0.05, 0) is 31.0 Å². The normalized spacial score (nSPS) is 12.1. The summed E-state index contributed by atoms with van der Waals surface area (Å²) in [5, 5.41) is 30.2. The van der Waals surface area contributed by atoms with E-state index in [0.717, 1.165) is 0 Å². The lowest BCUT2D eigenvalue weighted by atomic mass is 10.1. The molecule has 5 heteroatoms. The monoisotopic (exact) mass is 239 g/mol. The number of carbonyl (C=O) groups is 1. The van der Waals surface area contributed by atoms with Gasteiger partial charge >= 0.3 is 0 Å². The molecule has 0 aliphatic rings. The van der Waals surface area contributed by atoms with Gasteiger partial charge < -0.3 is 20.6 Å². The number of aliphatic hydroxyl groups excluding tert-OH is 1. The molecule has 4 N–H and O–H groups in total. The van der Waals surface area contributed by atoms with E-state index < -0.39 is 5.91 Å². The molecule has 0 saturated heterocycles. The van der Waals surface area contributed by atoms with Gasteiger partial charge in [0.05, 0.1) is 5.56 Å². The fraction of sp³-hybridized carbons (Fsp3) is 0.417. The standard InChI is InChI=1S/C12H17NO4/c1-2-8(5-6-14)13-12(17)10-7-9(15)3-4-11(10)16/h3-4,7-8,14-16H,2,5-6H2,1H3,(H,13,17). The Morgan fingerprint density at radius 2 is 2.12 bits per heavy atom. The molecule has 5 nitrogen and oxygen atoms in total. The van der Waals surface area contributed by atoms with E-state index >= 15 is 0 Å². The summed E-state index contributed by atoms with van der Waals surface area (Å²) in [6, 6.07) is 3.62. The number of phenolic OH excluding ortho intramolecular Hbond substituents is 2. The Morgan fingerprint density at radius 1 is 1.41 bits per heavy atom. The number of hydrogen-bond acceptors (Lipinski definition) is 4. The van der Waals surface area contributed by atoms with Gasteiger partial charge in [0.2, 0.25) is 0 Å². The molecule has 0 aliphatic heterocycles. The van der Waals surface area contributed by atoms with Crippen LogP contribution in [0.25, 0.3) is 0 Å². The molecule has 0 radical (unpaired) electrons. The second kappa shape index (κ2) is 6.10. The molecule has 0 aromatic heterocycles. The number of nitrogens with one attached hydrogen (secondary N) is 1. The SMILES string of the molecule is CCC(CCO)NC(=O)c1cc(O)ccc1O. The van der Waals surface area contributed by atoms with Gasteiger partial charge in [-0.3, -0.25) is 4.79 Å². The molecule has 94 valence electrons. The average molecular weight is 239 g/mol. The Balaban J connectivity index is 2.78. The van der Waals surface area contributed by atoms with Gasteiger partial charge in [0, 0.05) is 12.6 Å². The number of aromatic hydroxyl groups is 2. The van der Waals surface area contributed by atoms with Gasteiger partial charge in [-0.2, -0.15) is 0 Å². The first-order chi connectivity index (χ1) is 8.08.